The smallest absolute Gasteiger partial charge is 0.255 e. The Morgan fingerprint density at radius 3 is 2.55 bits per heavy atom. The number of rotatable bonds is 6. The van der Waals surface area contributed by atoms with Crippen molar-refractivity contribution in [1.82, 2.24) is 10.3 Å². The largest absolute Gasteiger partial charge is 0.490 e. The Morgan fingerprint density at radius 1 is 1.07 bits per heavy atom. The van der Waals surface area contributed by atoms with Gasteiger partial charge in [0.15, 0.2) is 0 Å². The second kappa shape index (κ2) is 7.02. The van der Waals surface area contributed by atoms with Crippen LogP contribution in [-0.2, 0) is 6.54 Å². The summed E-state index contributed by atoms with van der Waals surface area (Å²) < 4.78 is 46.5. The van der Waals surface area contributed by atoms with Crippen molar-refractivity contribution in [3.63, 3.8) is 0 Å². The molecule has 1 aromatic heterocycles. The number of hydrogen-bond donors (Lipinski definition) is 1. The number of benzene rings is 2. The summed E-state index contributed by atoms with van der Waals surface area (Å²) in [6.45, 7) is 0.453. The second-order valence-electron chi connectivity index (χ2n) is 8.00. The normalized spacial score (nSPS) is 24.9. The molecule has 1 heterocycles. The molecule has 6 heteroatoms. The van der Waals surface area contributed by atoms with E-state index in [4.69, 9.17) is 4.74 Å². The molecule has 2 fully saturated rings. The van der Waals surface area contributed by atoms with Gasteiger partial charge in [0, 0.05) is 42.4 Å². The molecule has 3 aromatic rings. The molecule has 0 spiro atoms. The number of nitrogens with zero attached hydrogens (tertiary/aromatic N) is 1. The van der Waals surface area contributed by atoms with Gasteiger partial charge >= 0.3 is 0 Å². The van der Waals surface area contributed by atoms with Crippen molar-refractivity contribution in [2.75, 3.05) is 0 Å². The molecule has 2 aliphatic carbocycles. The van der Waals surface area contributed by atoms with E-state index in [9.17, 15) is 13.2 Å². The molecule has 1 N–H and O–H groups in total. The van der Waals surface area contributed by atoms with Crippen LogP contribution in [0.2, 0.25) is 0 Å². The van der Waals surface area contributed by atoms with Crippen LogP contribution in [0, 0.1) is 5.82 Å². The van der Waals surface area contributed by atoms with Crippen LogP contribution in [0.5, 0.6) is 5.75 Å². The Bertz CT molecular complexity index is 1030. The van der Waals surface area contributed by atoms with Gasteiger partial charge in [-0.25, -0.2) is 13.2 Å². The minimum Gasteiger partial charge on any atom is -0.490 e. The van der Waals surface area contributed by atoms with E-state index in [-0.39, 0.29) is 24.4 Å². The van der Waals surface area contributed by atoms with E-state index < -0.39 is 11.8 Å². The molecule has 2 aliphatic rings. The van der Waals surface area contributed by atoms with Gasteiger partial charge in [0.25, 0.3) is 5.92 Å². The molecule has 1 unspecified atom stereocenters. The van der Waals surface area contributed by atoms with E-state index in [0.29, 0.717) is 23.4 Å². The van der Waals surface area contributed by atoms with Crippen molar-refractivity contribution < 1.29 is 17.9 Å². The summed E-state index contributed by atoms with van der Waals surface area (Å²) in [6, 6.07) is 12.3. The summed E-state index contributed by atoms with van der Waals surface area (Å²) in [5, 5.41) is 5.20. The standard InChI is InChI=1S/C23H21F3N2O/c24-22-6-3-15-12-27-8-7-19(15)20(22)13-28-16-9-18(10-16)29-17-4-1-14(2-5-17)21-11-23(21,25)26/h1-8,12,16,18,21,28H,9-11,13H2/t16-,18-,21?. The molecule has 0 amide bonds. The fourth-order valence-electron chi connectivity index (χ4n) is 4.01. The molecule has 0 radical (unpaired) electrons. The first-order valence-corrected chi connectivity index (χ1v) is 9.88. The maximum atomic E-state index is 14.3. The van der Waals surface area contributed by atoms with Crippen molar-refractivity contribution >= 4 is 10.8 Å². The first-order chi connectivity index (χ1) is 14.0. The van der Waals surface area contributed by atoms with Crippen molar-refractivity contribution in [3.8, 4) is 5.75 Å². The second-order valence-corrected chi connectivity index (χ2v) is 8.00. The number of pyridine rings is 1. The fourth-order valence-corrected chi connectivity index (χ4v) is 4.01. The third kappa shape index (κ3) is 3.69. The molecular weight excluding hydrogens is 377 g/mol. The molecule has 0 bridgehead atoms. The number of alkyl halides is 2. The van der Waals surface area contributed by atoms with E-state index in [1.165, 1.54) is 6.07 Å². The summed E-state index contributed by atoms with van der Waals surface area (Å²) in [6.07, 6.45) is 5.10. The minimum atomic E-state index is -2.55. The van der Waals surface area contributed by atoms with Gasteiger partial charge in [-0.2, -0.15) is 0 Å². The Hall–Kier alpha value is -2.60. The van der Waals surface area contributed by atoms with Gasteiger partial charge in [0.1, 0.15) is 17.7 Å². The lowest BCUT2D eigenvalue weighted by atomic mass is 9.89. The predicted octanol–water partition coefficient (Wildman–Crippen LogP) is 5.20. The summed E-state index contributed by atoms with van der Waals surface area (Å²) in [5.41, 5.74) is 1.32. The van der Waals surface area contributed by atoms with Gasteiger partial charge < -0.3 is 10.1 Å². The third-order valence-corrected chi connectivity index (χ3v) is 5.95. The molecular formula is C23H21F3N2O. The molecule has 0 saturated heterocycles. The SMILES string of the molecule is Fc1ccc2cnccc2c1CN[C@H]1C[C@H](Oc2ccc(C3CC3(F)F)cc2)C1. The fraction of sp³-hybridized carbons (Fsp3) is 0.348. The van der Waals surface area contributed by atoms with Crippen LogP contribution in [0.25, 0.3) is 10.8 Å². The minimum absolute atomic E-state index is 0.0585. The highest BCUT2D eigenvalue weighted by molar-refractivity contribution is 5.84. The first kappa shape index (κ1) is 18.4. The first-order valence-electron chi connectivity index (χ1n) is 9.88. The summed E-state index contributed by atoms with van der Waals surface area (Å²) >= 11 is 0. The maximum absolute atomic E-state index is 14.3. The highest BCUT2D eigenvalue weighted by atomic mass is 19.3. The Kier molecular flexibility index (Phi) is 4.46. The van der Waals surface area contributed by atoms with Gasteiger partial charge in [-0.15, -0.1) is 0 Å². The lowest BCUT2D eigenvalue weighted by Gasteiger charge is -2.36. The van der Waals surface area contributed by atoms with Crippen molar-refractivity contribution in [3.05, 3.63) is 71.8 Å². The van der Waals surface area contributed by atoms with Crippen LogP contribution in [-0.4, -0.2) is 23.1 Å². The van der Waals surface area contributed by atoms with E-state index in [0.717, 1.165) is 23.6 Å². The quantitative estimate of drug-likeness (QED) is 0.620. The highest BCUT2D eigenvalue weighted by Crippen LogP contribution is 2.55. The molecule has 2 aromatic carbocycles. The van der Waals surface area contributed by atoms with Gasteiger partial charge in [0.05, 0.1) is 5.92 Å². The lowest BCUT2D eigenvalue weighted by molar-refractivity contribution is 0.0841. The number of hydrogen-bond acceptors (Lipinski definition) is 3. The monoisotopic (exact) mass is 398 g/mol. The number of nitrogens with one attached hydrogen (secondary N) is 1. The molecule has 5 rings (SSSR count). The molecule has 3 nitrogen and oxygen atoms in total. The van der Waals surface area contributed by atoms with Gasteiger partial charge in [-0.05, 0) is 54.1 Å². The molecule has 1 atom stereocenters. The lowest BCUT2D eigenvalue weighted by Crippen LogP contribution is -2.46. The van der Waals surface area contributed by atoms with Crippen LogP contribution in [0.1, 0.15) is 36.3 Å². The van der Waals surface area contributed by atoms with E-state index in [1.54, 1.807) is 42.7 Å². The Morgan fingerprint density at radius 2 is 1.83 bits per heavy atom. The summed E-state index contributed by atoms with van der Waals surface area (Å²) in [5.74, 6) is -2.70. The maximum Gasteiger partial charge on any atom is 0.255 e. The van der Waals surface area contributed by atoms with Gasteiger partial charge in [-0.1, -0.05) is 12.1 Å². The van der Waals surface area contributed by atoms with Crippen LogP contribution < -0.4 is 10.1 Å². The zero-order valence-corrected chi connectivity index (χ0v) is 15.7. The molecule has 0 aliphatic heterocycles. The third-order valence-electron chi connectivity index (χ3n) is 5.95. The molecule has 2 saturated carbocycles. The van der Waals surface area contributed by atoms with Crippen LogP contribution in [0.4, 0.5) is 13.2 Å². The number of fused-ring (bicyclic) bond motifs is 1. The number of aromatic nitrogens is 1. The molecule has 29 heavy (non-hydrogen) atoms. The van der Waals surface area contributed by atoms with Crippen LogP contribution in [0.15, 0.2) is 54.9 Å². The molecule has 150 valence electrons. The number of halogens is 3. The average molecular weight is 398 g/mol. The summed E-state index contributed by atoms with van der Waals surface area (Å²) in [4.78, 5) is 4.09. The van der Waals surface area contributed by atoms with Crippen LogP contribution >= 0.6 is 0 Å². The zero-order chi connectivity index (χ0) is 20.0. The van der Waals surface area contributed by atoms with Crippen LogP contribution in [0.3, 0.4) is 0 Å². The van der Waals surface area contributed by atoms with E-state index in [2.05, 4.69) is 10.3 Å². The van der Waals surface area contributed by atoms with E-state index >= 15 is 0 Å². The van der Waals surface area contributed by atoms with E-state index in [1.807, 2.05) is 6.07 Å². The van der Waals surface area contributed by atoms with Crippen molar-refractivity contribution in [2.45, 2.75) is 49.8 Å². The highest BCUT2D eigenvalue weighted by Gasteiger charge is 2.57. The van der Waals surface area contributed by atoms with Crippen molar-refractivity contribution in [2.24, 2.45) is 0 Å². The van der Waals surface area contributed by atoms with Crippen molar-refractivity contribution in [1.29, 1.82) is 0 Å². The topological polar surface area (TPSA) is 34.2 Å². The van der Waals surface area contributed by atoms with Gasteiger partial charge in [-0.3, -0.25) is 4.98 Å². The van der Waals surface area contributed by atoms with Gasteiger partial charge in [0.2, 0.25) is 0 Å². The Labute approximate surface area is 166 Å². The summed E-state index contributed by atoms with van der Waals surface area (Å²) in [7, 11) is 0. The average Bonchev–Trinajstić information content (AvgIpc) is 3.33. The predicted molar refractivity (Wildman–Crippen MR) is 105 cm³/mol. The Balaban J connectivity index is 1.13. The zero-order valence-electron chi connectivity index (χ0n) is 15.7. The number of ether oxygens (including phenoxy) is 1.